The van der Waals surface area contributed by atoms with Gasteiger partial charge in [-0.1, -0.05) is 0 Å². The Balaban J connectivity index is 2.43. The van der Waals surface area contributed by atoms with E-state index in [0.717, 1.165) is 5.88 Å². The van der Waals surface area contributed by atoms with Crippen molar-refractivity contribution in [1.29, 1.82) is 0 Å². The Morgan fingerprint density at radius 1 is 1.73 bits per heavy atom. The first-order valence-electron chi connectivity index (χ1n) is 3.57. The number of hydrogen-bond donors (Lipinski definition) is 1. The Morgan fingerprint density at radius 3 is 2.73 bits per heavy atom. The number of rotatable bonds is 2. The molecule has 1 rings (SSSR count). The SMILES string of the molecule is CC(C)(O)CN1CSCC1=O. The standard InChI is InChI=1S/C7H13NO2S/c1-7(2,10)4-8-5-11-3-6(8)9/h10H,3-5H2,1-2H3. The highest BCUT2D eigenvalue weighted by molar-refractivity contribution is 8.00. The molecule has 0 aromatic carbocycles. The van der Waals surface area contributed by atoms with E-state index in [4.69, 9.17) is 0 Å². The zero-order chi connectivity index (χ0) is 8.48. The number of carbonyl (C=O) groups is 1. The lowest BCUT2D eigenvalue weighted by Gasteiger charge is -2.24. The molecular weight excluding hydrogens is 162 g/mol. The summed E-state index contributed by atoms with van der Waals surface area (Å²) in [5, 5.41) is 9.39. The summed E-state index contributed by atoms with van der Waals surface area (Å²) >= 11 is 1.60. The molecule has 0 atom stereocenters. The van der Waals surface area contributed by atoms with E-state index in [1.165, 1.54) is 0 Å². The molecule has 0 spiro atoms. The number of β-amino-alcohol motifs (C(OH)–C–C–N with tert-alkyl or cyclic N) is 1. The van der Waals surface area contributed by atoms with E-state index in [1.54, 1.807) is 30.5 Å². The van der Waals surface area contributed by atoms with Crippen LogP contribution < -0.4 is 0 Å². The molecule has 0 aromatic heterocycles. The van der Waals surface area contributed by atoms with Crippen LogP contribution >= 0.6 is 11.8 Å². The molecule has 0 radical (unpaired) electrons. The van der Waals surface area contributed by atoms with E-state index in [0.29, 0.717) is 12.3 Å². The molecule has 1 aliphatic heterocycles. The average molecular weight is 175 g/mol. The number of hydrogen-bond acceptors (Lipinski definition) is 3. The van der Waals surface area contributed by atoms with Gasteiger partial charge in [-0.2, -0.15) is 0 Å². The number of nitrogens with zero attached hydrogens (tertiary/aromatic N) is 1. The minimum Gasteiger partial charge on any atom is -0.389 e. The van der Waals surface area contributed by atoms with Crippen LogP contribution in [0.15, 0.2) is 0 Å². The number of carbonyl (C=O) groups excluding carboxylic acids is 1. The van der Waals surface area contributed by atoms with Gasteiger partial charge in [0.2, 0.25) is 5.91 Å². The van der Waals surface area contributed by atoms with Crippen molar-refractivity contribution in [2.75, 3.05) is 18.2 Å². The number of amides is 1. The summed E-state index contributed by atoms with van der Waals surface area (Å²) in [5.41, 5.74) is -0.763. The third-order valence-corrected chi connectivity index (χ3v) is 2.35. The van der Waals surface area contributed by atoms with Crippen LogP contribution in [0.2, 0.25) is 0 Å². The molecule has 1 amide bonds. The first-order valence-corrected chi connectivity index (χ1v) is 4.72. The van der Waals surface area contributed by atoms with Crippen molar-refractivity contribution in [3.8, 4) is 0 Å². The Hall–Kier alpha value is -0.220. The molecule has 1 fully saturated rings. The van der Waals surface area contributed by atoms with Gasteiger partial charge in [0.1, 0.15) is 0 Å². The maximum Gasteiger partial charge on any atom is 0.233 e. The zero-order valence-electron chi connectivity index (χ0n) is 6.83. The lowest BCUT2D eigenvalue weighted by Crippen LogP contribution is -2.39. The molecule has 3 nitrogen and oxygen atoms in total. The minimum atomic E-state index is -0.763. The Bertz CT molecular complexity index is 164. The van der Waals surface area contributed by atoms with E-state index in [2.05, 4.69) is 0 Å². The highest BCUT2D eigenvalue weighted by Crippen LogP contribution is 2.17. The highest BCUT2D eigenvalue weighted by Gasteiger charge is 2.26. The Morgan fingerprint density at radius 2 is 2.36 bits per heavy atom. The molecule has 4 heteroatoms. The third-order valence-electron chi connectivity index (χ3n) is 1.40. The lowest BCUT2D eigenvalue weighted by atomic mass is 10.1. The smallest absolute Gasteiger partial charge is 0.233 e. The van der Waals surface area contributed by atoms with Crippen LogP contribution in [0.3, 0.4) is 0 Å². The second kappa shape index (κ2) is 3.03. The third kappa shape index (κ3) is 2.71. The van der Waals surface area contributed by atoms with Crippen LogP contribution in [0.25, 0.3) is 0 Å². The van der Waals surface area contributed by atoms with Crippen LogP contribution in [0.4, 0.5) is 0 Å². The van der Waals surface area contributed by atoms with Gasteiger partial charge in [0.05, 0.1) is 17.2 Å². The van der Waals surface area contributed by atoms with E-state index in [9.17, 15) is 9.90 Å². The molecule has 0 aliphatic carbocycles. The van der Waals surface area contributed by atoms with Crippen LogP contribution in [-0.4, -0.2) is 39.7 Å². The molecule has 1 saturated heterocycles. The van der Waals surface area contributed by atoms with E-state index < -0.39 is 5.60 Å². The first kappa shape index (κ1) is 8.87. The summed E-state index contributed by atoms with van der Waals surface area (Å²) in [4.78, 5) is 12.7. The molecule has 0 unspecified atom stereocenters. The average Bonchev–Trinajstić information content (AvgIpc) is 2.12. The van der Waals surface area contributed by atoms with Gasteiger partial charge < -0.3 is 10.0 Å². The molecule has 0 aromatic rings. The van der Waals surface area contributed by atoms with Gasteiger partial charge in [0.25, 0.3) is 0 Å². The fourth-order valence-electron chi connectivity index (χ4n) is 1.01. The van der Waals surface area contributed by atoms with E-state index in [-0.39, 0.29) is 5.91 Å². The van der Waals surface area contributed by atoms with Crippen molar-refractivity contribution < 1.29 is 9.90 Å². The predicted molar refractivity (Wildman–Crippen MR) is 45.3 cm³/mol. The van der Waals surface area contributed by atoms with Crippen molar-refractivity contribution in [3.63, 3.8) is 0 Å². The Labute approximate surface area is 70.8 Å². The molecule has 64 valence electrons. The van der Waals surface area contributed by atoms with Crippen LogP contribution in [0.1, 0.15) is 13.8 Å². The second-order valence-corrected chi connectivity index (χ2v) is 4.34. The minimum absolute atomic E-state index is 0.136. The van der Waals surface area contributed by atoms with Gasteiger partial charge in [-0.15, -0.1) is 11.8 Å². The molecule has 1 N–H and O–H groups in total. The van der Waals surface area contributed by atoms with Crippen LogP contribution in [-0.2, 0) is 4.79 Å². The van der Waals surface area contributed by atoms with Crippen molar-refractivity contribution in [1.82, 2.24) is 4.90 Å². The molecular formula is C7H13NO2S. The monoisotopic (exact) mass is 175 g/mol. The molecule has 1 heterocycles. The van der Waals surface area contributed by atoms with Gasteiger partial charge in [0, 0.05) is 6.54 Å². The fraction of sp³-hybridized carbons (Fsp3) is 0.857. The summed E-state index contributed by atoms with van der Waals surface area (Å²) in [5.74, 6) is 1.43. The first-order chi connectivity index (χ1) is 4.99. The summed E-state index contributed by atoms with van der Waals surface area (Å²) in [6.07, 6.45) is 0. The second-order valence-electron chi connectivity index (χ2n) is 3.38. The van der Waals surface area contributed by atoms with Gasteiger partial charge in [-0.05, 0) is 13.8 Å². The van der Waals surface area contributed by atoms with Gasteiger partial charge in [0.15, 0.2) is 0 Å². The van der Waals surface area contributed by atoms with Gasteiger partial charge in [-0.25, -0.2) is 0 Å². The largest absolute Gasteiger partial charge is 0.389 e. The number of thioether (sulfide) groups is 1. The summed E-state index contributed by atoms with van der Waals surface area (Å²) in [6, 6.07) is 0. The van der Waals surface area contributed by atoms with Crippen LogP contribution in [0, 0.1) is 0 Å². The molecule has 0 bridgehead atoms. The summed E-state index contributed by atoms with van der Waals surface area (Å²) in [6.45, 7) is 3.87. The topological polar surface area (TPSA) is 40.5 Å². The molecule has 1 aliphatic rings. The number of aliphatic hydroxyl groups is 1. The van der Waals surface area contributed by atoms with Crippen molar-refractivity contribution in [2.45, 2.75) is 19.4 Å². The maximum absolute atomic E-state index is 11.0. The van der Waals surface area contributed by atoms with Crippen molar-refractivity contribution in [3.05, 3.63) is 0 Å². The molecule has 11 heavy (non-hydrogen) atoms. The van der Waals surface area contributed by atoms with Gasteiger partial charge >= 0.3 is 0 Å². The van der Waals surface area contributed by atoms with E-state index >= 15 is 0 Å². The summed E-state index contributed by atoms with van der Waals surface area (Å²) in [7, 11) is 0. The zero-order valence-corrected chi connectivity index (χ0v) is 7.65. The summed E-state index contributed by atoms with van der Waals surface area (Å²) < 4.78 is 0. The van der Waals surface area contributed by atoms with Crippen molar-refractivity contribution in [2.24, 2.45) is 0 Å². The predicted octanol–water partition coefficient (Wildman–Crippen LogP) is 0.290. The Kier molecular flexibility index (Phi) is 2.44. The van der Waals surface area contributed by atoms with Crippen LogP contribution in [0.5, 0.6) is 0 Å². The maximum atomic E-state index is 11.0. The highest BCUT2D eigenvalue weighted by atomic mass is 32.2. The quantitative estimate of drug-likeness (QED) is 0.656. The van der Waals surface area contributed by atoms with Crippen molar-refractivity contribution >= 4 is 17.7 Å². The lowest BCUT2D eigenvalue weighted by molar-refractivity contribution is -0.129. The fourth-order valence-corrected chi connectivity index (χ4v) is 1.91. The molecule has 0 saturated carbocycles. The normalized spacial score (nSPS) is 19.5. The van der Waals surface area contributed by atoms with Gasteiger partial charge in [-0.3, -0.25) is 4.79 Å². The van der Waals surface area contributed by atoms with E-state index in [1.807, 2.05) is 0 Å².